The molecule has 78 valence electrons. The van der Waals surface area contributed by atoms with Gasteiger partial charge in [0.15, 0.2) is 0 Å². The second-order valence-electron chi connectivity index (χ2n) is 5.40. The molecule has 0 aromatic heterocycles. The fraction of sp³-hybridized carbons (Fsp3) is 1.00. The molecule has 0 bridgehead atoms. The monoisotopic (exact) mass is 182 g/mol. The molecule has 0 radical (unpaired) electrons. The zero-order valence-corrected chi connectivity index (χ0v) is 10.1. The van der Waals surface area contributed by atoms with Gasteiger partial charge in [-0.25, -0.2) is 0 Å². The minimum Gasteiger partial charge on any atom is -0.0654 e. The van der Waals surface area contributed by atoms with E-state index in [9.17, 15) is 0 Å². The normalized spacial score (nSPS) is 40.4. The Morgan fingerprint density at radius 3 is 2.08 bits per heavy atom. The van der Waals surface area contributed by atoms with Crippen LogP contribution in [0.5, 0.6) is 0 Å². The molecule has 0 spiro atoms. The van der Waals surface area contributed by atoms with Crippen molar-refractivity contribution in [2.24, 2.45) is 16.7 Å². The third-order valence-corrected chi connectivity index (χ3v) is 4.82. The summed E-state index contributed by atoms with van der Waals surface area (Å²) < 4.78 is 0. The maximum Gasteiger partial charge on any atom is -0.0238 e. The second kappa shape index (κ2) is 3.63. The van der Waals surface area contributed by atoms with Gasteiger partial charge in [0.25, 0.3) is 0 Å². The smallest absolute Gasteiger partial charge is 0.0238 e. The van der Waals surface area contributed by atoms with Crippen LogP contribution < -0.4 is 0 Å². The first-order valence-corrected chi connectivity index (χ1v) is 6.04. The Morgan fingerprint density at radius 1 is 1.15 bits per heavy atom. The lowest BCUT2D eigenvalue weighted by Gasteiger charge is -2.27. The van der Waals surface area contributed by atoms with E-state index in [-0.39, 0.29) is 0 Å². The van der Waals surface area contributed by atoms with Crippen LogP contribution in [0.15, 0.2) is 0 Å². The van der Waals surface area contributed by atoms with Gasteiger partial charge in [0, 0.05) is 0 Å². The van der Waals surface area contributed by atoms with Crippen LogP contribution in [0.25, 0.3) is 0 Å². The van der Waals surface area contributed by atoms with E-state index in [2.05, 4.69) is 34.6 Å². The largest absolute Gasteiger partial charge is 0.0654 e. The van der Waals surface area contributed by atoms with Crippen LogP contribution in [0.1, 0.15) is 66.7 Å². The molecule has 13 heavy (non-hydrogen) atoms. The highest BCUT2D eigenvalue weighted by molar-refractivity contribution is 5.11. The Balaban J connectivity index is 2.61. The quantitative estimate of drug-likeness (QED) is 0.581. The van der Waals surface area contributed by atoms with E-state index in [1.165, 1.54) is 32.1 Å². The van der Waals surface area contributed by atoms with E-state index in [0.717, 1.165) is 5.92 Å². The topological polar surface area (TPSA) is 0 Å². The van der Waals surface area contributed by atoms with Crippen LogP contribution in [0.4, 0.5) is 0 Å². The van der Waals surface area contributed by atoms with Gasteiger partial charge in [-0.15, -0.1) is 0 Å². The summed E-state index contributed by atoms with van der Waals surface area (Å²) in [7, 11) is 0. The van der Waals surface area contributed by atoms with Gasteiger partial charge >= 0.3 is 0 Å². The average molecular weight is 182 g/mol. The van der Waals surface area contributed by atoms with E-state index in [4.69, 9.17) is 0 Å². The number of rotatable bonds is 5. The molecule has 0 aromatic rings. The van der Waals surface area contributed by atoms with Gasteiger partial charge < -0.3 is 0 Å². The van der Waals surface area contributed by atoms with Crippen molar-refractivity contribution < 1.29 is 0 Å². The maximum absolute atomic E-state index is 2.51. The molecule has 1 saturated carbocycles. The molecule has 0 N–H and O–H groups in total. The first-order valence-electron chi connectivity index (χ1n) is 6.04. The molecular formula is C13H26. The Hall–Kier alpha value is 0. The summed E-state index contributed by atoms with van der Waals surface area (Å²) in [6.07, 6.45) is 7.00. The average Bonchev–Trinajstić information content (AvgIpc) is 2.67. The summed E-state index contributed by atoms with van der Waals surface area (Å²) in [4.78, 5) is 0. The van der Waals surface area contributed by atoms with Gasteiger partial charge in [0.05, 0.1) is 0 Å². The molecule has 0 amide bonds. The lowest BCUT2D eigenvalue weighted by atomic mass is 9.78. The van der Waals surface area contributed by atoms with Crippen molar-refractivity contribution in [2.75, 3.05) is 0 Å². The van der Waals surface area contributed by atoms with Crippen molar-refractivity contribution in [2.45, 2.75) is 66.7 Å². The summed E-state index contributed by atoms with van der Waals surface area (Å²) >= 11 is 0. The van der Waals surface area contributed by atoms with Crippen molar-refractivity contribution in [1.82, 2.24) is 0 Å². The number of hydrogen-bond donors (Lipinski definition) is 0. The molecule has 1 rings (SSSR count). The molecule has 1 aliphatic carbocycles. The third kappa shape index (κ3) is 1.65. The minimum atomic E-state index is 0.669. The second-order valence-corrected chi connectivity index (χ2v) is 5.40. The van der Waals surface area contributed by atoms with E-state index >= 15 is 0 Å². The van der Waals surface area contributed by atoms with Gasteiger partial charge in [-0.05, 0) is 23.2 Å². The fourth-order valence-corrected chi connectivity index (χ4v) is 3.25. The Morgan fingerprint density at radius 2 is 1.77 bits per heavy atom. The van der Waals surface area contributed by atoms with Gasteiger partial charge in [-0.1, -0.05) is 60.3 Å². The third-order valence-electron chi connectivity index (χ3n) is 4.82. The summed E-state index contributed by atoms with van der Waals surface area (Å²) in [6, 6.07) is 0. The van der Waals surface area contributed by atoms with E-state index in [1.807, 2.05) is 0 Å². The molecule has 1 fully saturated rings. The maximum atomic E-state index is 2.51. The highest BCUT2D eigenvalue weighted by Crippen LogP contribution is 2.70. The Bertz CT molecular complexity index is 173. The molecule has 0 heteroatoms. The molecule has 1 aliphatic rings. The first-order chi connectivity index (χ1) is 6.04. The van der Waals surface area contributed by atoms with Crippen LogP contribution >= 0.6 is 0 Å². The van der Waals surface area contributed by atoms with E-state index in [0.29, 0.717) is 10.8 Å². The Labute approximate surface area is 84.1 Å². The lowest BCUT2D eigenvalue weighted by molar-refractivity contribution is 0.229. The van der Waals surface area contributed by atoms with Crippen LogP contribution in [-0.2, 0) is 0 Å². The van der Waals surface area contributed by atoms with Crippen LogP contribution in [0.2, 0.25) is 0 Å². The van der Waals surface area contributed by atoms with Crippen molar-refractivity contribution in [3.8, 4) is 0 Å². The SMILES string of the molecule is CCCC(CC)C1(C)CC1(C)CC. The summed E-state index contributed by atoms with van der Waals surface area (Å²) in [5, 5.41) is 0. The van der Waals surface area contributed by atoms with Gasteiger partial charge in [-0.3, -0.25) is 0 Å². The molecule has 0 nitrogen and oxygen atoms in total. The molecule has 0 heterocycles. The predicted molar refractivity (Wildman–Crippen MR) is 59.8 cm³/mol. The van der Waals surface area contributed by atoms with Crippen molar-refractivity contribution in [3.05, 3.63) is 0 Å². The Kier molecular flexibility index (Phi) is 3.09. The number of hydrogen-bond acceptors (Lipinski definition) is 0. The van der Waals surface area contributed by atoms with Crippen LogP contribution in [0.3, 0.4) is 0 Å². The van der Waals surface area contributed by atoms with Gasteiger partial charge in [0.2, 0.25) is 0 Å². The van der Waals surface area contributed by atoms with Crippen LogP contribution in [0, 0.1) is 16.7 Å². The molecule has 3 unspecified atom stereocenters. The molecule has 0 aliphatic heterocycles. The summed E-state index contributed by atoms with van der Waals surface area (Å²) in [5.41, 5.74) is 1.34. The molecule has 0 aromatic carbocycles. The molecule has 3 atom stereocenters. The summed E-state index contributed by atoms with van der Waals surface area (Å²) in [6.45, 7) is 12.0. The van der Waals surface area contributed by atoms with Crippen LogP contribution in [-0.4, -0.2) is 0 Å². The van der Waals surface area contributed by atoms with E-state index in [1.54, 1.807) is 0 Å². The molecule has 0 saturated heterocycles. The minimum absolute atomic E-state index is 0.669. The standard InChI is InChI=1S/C13H26/c1-6-9-11(7-2)13(5)10-12(13,4)8-3/h11H,6-10H2,1-5H3. The highest BCUT2D eigenvalue weighted by Gasteiger charge is 2.61. The van der Waals surface area contributed by atoms with E-state index < -0.39 is 0 Å². The zero-order chi connectivity index (χ0) is 10.1. The predicted octanol–water partition coefficient (Wildman–Crippen LogP) is 4.64. The van der Waals surface area contributed by atoms with Crippen molar-refractivity contribution in [1.29, 1.82) is 0 Å². The van der Waals surface area contributed by atoms with Crippen molar-refractivity contribution in [3.63, 3.8) is 0 Å². The first kappa shape index (κ1) is 11.1. The summed E-state index contributed by atoms with van der Waals surface area (Å²) in [5.74, 6) is 0.974. The zero-order valence-electron chi connectivity index (χ0n) is 10.1. The van der Waals surface area contributed by atoms with Crippen molar-refractivity contribution >= 4 is 0 Å². The molecular weight excluding hydrogens is 156 g/mol. The lowest BCUT2D eigenvalue weighted by Crippen LogP contribution is -2.18. The highest BCUT2D eigenvalue weighted by atomic mass is 14.7. The van der Waals surface area contributed by atoms with Gasteiger partial charge in [-0.2, -0.15) is 0 Å². The fourth-order valence-electron chi connectivity index (χ4n) is 3.25. The van der Waals surface area contributed by atoms with Gasteiger partial charge in [0.1, 0.15) is 0 Å².